The first-order valence-corrected chi connectivity index (χ1v) is 7.13. The summed E-state index contributed by atoms with van der Waals surface area (Å²) in [4.78, 5) is 12.0. The molecule has 0 fully saturated rings. The number of benzene rings is 2. The van der Waals surface area contributed by atoms with Gasteiger partial charge in [-0.2, -0.15) is 0 Å². The highest BCUT2D eigenvalue weighted by Crippen LogP contribution is 2.36. The van der Waals surface area contributed by atoms with E-state index in [-0.39, 0.29) is 5.78 Å². The van der Waals surface area contributed by atoms with Gasteiger partial charge in [0.05, 0.1) is 0 Å². The number of fused-ring (bicyclic) bond motifs is 3. The zero-order chi connectivity index (χ0) is 13.2. The van der Waals surface area contributed by atoms with Crippen LogP contribution in [-0.4, -0.2) is 11.7 Å². The van der Waals surface area contributed by atoms with E-state index in [9.17, 15) is 4.79 Å². The highest BCUT2D eigenvalue weighted by atomic mass is 35.5. The Bertz CT molecular complexity index is 631. The molecule has 2 aromatic carbocycles. The number of ketones is 1. The minimum atomic E-state index is 0.194. The molecule has 0 unspecified atom stereocenters. The molecule has 0 spiro atoms. The molecular formula is C17H15ClO. The molecule has 0 aromatic heterocycles. The fraction of sp³-hybridized carbons (Fsp3) is 0.235. The van der Waals surface area contributed by atoms with E-state index in [0.29, 0.717) is 12.3 Å². The van der Waals surface area contributed by atoms with Gasteiger partial charge in [-0.05, 0) is 41.2 Å². The number of hydrogen-bond donors (Lipinski definition) is 0. The zero-order valence-corrected chi connectivity index (χ0v) is 11.4. The van der Waals surface area contributed by atoms with Gasteiger partial charge in [0.25, 0.3) is 0 Å². The summed E-state index contributed by atoms with van der Waals surface area (Å²) in [6.07, 6.45) is 2.22. The third-order valence-electron chi connectivity index (χ3n) is 3.65. The molecule has 2 heteroatoms. The van der Waals surface area contributed by atoms with Crippen LogP contribution < -0.4 is 0 Å². The molecule has 0 bridgehead atoms. The van der Waals surface area contributed by atoms with Gasteiger partial charge in [0.1, 0.15) is 0 Å². The van der Waals surface area contributed by atoms with E-state index in [4.69, 9.17) is 11.6 Å². The van der Waals surface area contributed by atoms with Gasteiger partial charge in [-0.3, -0.25) is 4.79 Å². The predicted molar refractivity (Wildman–Crippen MR) is 79.0 cm³/mol. The van der Waals surface area contributed by atoms with Crippen LogP contribution in [0.2, 0.25) is 0 Å². The van der Waals surface area contributed by atoms with Gasteiger partial charge in [0.15, 0.2) is 5.78 Å². The molecule has 0 saturated carbocycles. The molecule has 0 heterocycles. The number of carbonyl (C=O) groups is 1. The van der Waals surface area contributed by atoms with Crippen LogP contribution in [0, 0.1) is 0 Å². The van der Waals surface area contributed by atoms with Crippen LogP contribution in [0.4, 0.5) is 0 Å². The lowest BCUT2D eigenvalue weighted by Crippen LogP contribution is -2.00. The fourth-order valence-corrected chi connectivity index (χ4v) is 2.82. The quantitative estimate of drug-likeness (QED) is 0.505. The van der Waals surface area contributed by atoms with E-state index >= 15 is 0 Å². The van der Waals surface area contributed by atoms with Gasteiger partial charge in [-0.25, -0.2) is 0 Å². The van der Waals surface area contributed by atoms with E-state index in [0.717, 1.165) is 18.4 Å². The lowest BCUT2D eigenvalue weighted by atomic mass is 10.00. The lowest BCUT2D eigenvalue weighted by molar-refractivity contribution is 0.0982. The van der Waals surface area contributed by atoms with Gasteiger partial charge < -0.3 is 0 Å². The second-order valence-electron chi connectivity index (χ2n) is 4.92. The Kier molecular flexibility index (Phi) is 3.39. The van der Waals surface area contributed by atoms with Crippen LogP contribution >= 0.6 is 11.6 Å². The Labute approximate surface area is 118 Å². The van der Waals surface area contributed by atoms with Crippen LogP contribution in [0.1, 0.15) is 34.3 Å². The highest BCUT2D eigenvalue weighted by molar-refractivity contribution is 6.18. The van der Waals surface area contributed by atoms with Gasteiger partial charge in [-0.15, -0.1) is 11.6 Å². The molecule has 96 valence electrons. The van der Waals surface area contributed by atoms with Gasteiger partial charge >= 0.3 is 0 Å². The van der Waals surface area contributed by atoms with Crippen molar-refractivity contribution in [2.24, 2.45) is 0 Å². The number of Topliss-reactive ketones (excluding diaryl/α,β-unsaturated/α-hetero) is 1. The third kappa shape index (κ3) is 2.31. The number of hydrogen-bond acceptors (Lipinski definition) is 1. The Morgan fingerprint density at radius 2 is 1.84 bits per heavy atom. The second kappa shape index (κ2) is 5.18. The van der Waals surface area contributed by atoms with E-state index in [1.54, 1.807) is 0 Å². The van der Waals surface area contributed by atoms with Crippen LogP contribution in [0.25, 0.3) is 11.1 Å². The van der Waals surface area contributed by atoms with Crippen molar-refractivity contribution in [2.45, 2.75) is 19.3 Å². The first-order chi connectivity index (χ1) is 9.29. The van der Waals surface area contributed by atoms with Crippen molar-refractivity contribution < 1.29 is 4.79 Å². The summed E-state index contributed by atoms with van der Waals surface area (Å²) in [5.74, 6) is 0.738. The Hall–Kier alpha value is -1.60. The van der Waals surface area contributed by atoms with Crippen LogP contribution in [0.5, 0.6) is 0 Å². The minimum Gasteiger partial charge on any atom is -0.294 e. The monoisotopic (exact) mass is 270 g/mol. The van der Waals surface area contributed by atoms with Crippen molar-refractivity contribution in [1.29, 1.82) is 0 Å². The Morgan fingerprint density at radius 3 is 2.68 bits per heavy atom. The van der Waals surface area contributed by atoms with Crippen LogP contribution in [0.3, 0.4) is 0 Å². The second-order valence-corrected chi connectivity index (χ2v) is 5.30. The van der Waals surface area contributed by atoms with Gasteiger partial charge in [-0.1, -0.05) is 36.4 Å². The van der Waals surface area contributed by atoms with E-state index in [2.05, 4.69) is 30.3 Å². The van der Waals surface area contributed by atoms with Crippen molar-refractivity contribution in [3.8, 4) is 11.1 Å². The topological polar surface area (TPSA) is 17.1 Å². The number of carbonyl (C=O) groups excluding carboxylic acids is 1. The number of halogens is 1. The maximum Gasteiger partial charge on any atom is 0.162 e. The van der Waals surface area contributed by atoms with E-state index in [1.807, 2.05) is 12.1 Å². The fourth-order valence-electron chi connectivity index (χ4n) is 2.69. The van der Waals surface area contributed by atoms with Crippen molar-refractivity contribution in [3.63, 3.8) is 0 Å². The highest BCUT2D eigenvalue weighted by Gasteiger charge is 2.19. The molecule has 0 aliphatic heterocycles. The van der Waals surface area contributed by atoms with Crippen LogP contribution in [0.15, 0.2) is 42.5 Å². The molecule has 0 atom stereocenters. The maximum absolute atomic E-state index is 12.0. The summed E-state index contributed by atoms with van der Waals surface area (Å²) in [6, 6.07) is 14.5. The molecular weight excluding hydrogens is 256 g/mol. The summed E-state index contributed by atoms with van der Waals surface area (Å²) < 4.78 is 0. The average molecular weight is 271 g/mol. The van der Waals surface area contributed by atoms with E-state index < -0.39 is 0 Å². The SMILES string of the molecule is O=C(CCCCl)c1ccc2c(c1)Cc1ccccc1-2. The average Bonchev–Trinajstić information content (AvgIpc) is 2.82. The van der Waals surface area contributed by atoms with Crippen molar-refractivity contribution in [3.05, 3.63) is 59.2 Å². The molecule has 1 nitrogen and oxygen atoms in total. The third-order valence-corrected chi connectivity index (χ3v) is 3.92. The molecule has 2 aromatic rings. The zero-order valence-electron chi connectivity index (χ0n) is 10.7. The summed E-state index contributed by atoms with van der Waals surface area (Å²) in [5.41, 5.74) is 6.00. The minimum absolute atomic E-state index is 0.194. The normalized spacial score (nSPS) is 12.1. The van der Waals surface area contributed by atoms with Crippen molar-refractivity contribution in [1.82, 2.24) is 0 Å². The molecule has 3 rings (SSSR count). The number of rotatable bonds is 4. The Balaban J connectivity index is 1.91. The molecule has 0 saturated heterocycles. The van der Waals surface area contributed by atoms with Gasteiger partial charge in [0, 0.05) is 17.9 Å². The van der Waals surface area contributed by atoms with Crippen molar-refractivity contribution in [2.75, 3.05) is 5.88 Å². The largest absolute Gasteiger partial charge is 0.294 e. The molecule has 1 aliphatic rings. The molecule has 0 amide bonds. The van der Waals surface area contributed by atoms with Crippen LogP contribution in [-0.2, 0) is 6.42 Å². The summed E-state index contributed by atoms with van der Waals surface area (Å²) >= 11 is 5.64. The van der Waals surface area contributed by atoms with Gasteiger partial charge in [0.2, 0.25) is 0 Å². The molecule has 19 heavy (non-hydrogen) atoms. The van der Waals surface area contributed by atoms with E-state index in [1.165, 1.54) is 22.3 Å². The summed E-state index contributed by atoms with van der Waals surface area (Å²) in [5, 5.41) is 0. The first kappa shape index (κ1) is 12.4. The summed E-state index contributed by atoms with van der Waals surface area (Å²) in [7, 11) is 0. The lowest BCUT2D eigenvalue weighted by Gasteiger charge is -2.04. The summed E-state index contributed by atoms with van der Waals surface area (Å²) in [6.45, 7) is 0. The standard InChI is InChI=1S/C17H15ClO/c18-9-3-6-17(19)13-7-8-16-14(11-13)10-12-4-1-2-5-15(12)16/h1-2,4-5,7-8,11H,3,6,9-10H2. The number of alkyl halides is 1. The first-order valence-electron chi connectivity index (χ1n) is 6.60. The van der Waals surface area contributed by atoms with Crippen molar-refractivity contribution >= 4 is 17.4 Å². The Morgan fingerprint density at radius 1 is 1.05 bits per heavy atom. The predicted octanol–water partition coefficient (Wildman–Crippen LogP) is 4.46. The molecule has 1 aliphatic carbocycles. The smallest absolute Gasteiger partial charge is 0.162 e. The molecule has 0 N–H and O–H groups in total. The molecule has 0 radical (unpaired) electrons. The maximum atomic E-state index is 12.0.